The van der Waals surface area contributed by atoms with Crippen LogP contribution in [0.2, 0.25) is 0 Å². The van der Waals surface area contributed by atoms with E-state index in [4.69, 9.17) is 4.74 Å². The van der Waals surface area contributed by atoms with Gasteiger partial charge in [0.25, 0.3) is 5.91 Å². The monoisotopic (exact) mass is 373 g/mol. The van der Waals surface area contributed by atoms with Crippen molar-refractivity contribution in [3.63, 3.8) is 0 Å². The van der Waals surface area contributed by atoms with E-state index >= 15 is 0 Å². The topological polar surface area (TPSA) is 64.1 Å². The third-order valence-corrected chi connectivity index (χ3v) is 6.42. The van der Waals surface area contributed by atoms with Crippen molar-refractivity contribution in [1.29, 1.82) is 0 Å². The summed E-state index contributed by atoms with van der Waals surface area (Å²) < 4.78 is 5.76. The Balaban J connectivity index is 1.47. The van der Waals surface area contributed by atoms with Crippen molar-refractivity contribution < 1.29 is 9.53 Å². The molecule has 0 saturated carbocycles. The summed E-state index contributed by atoms with van der Waals surface area (Å²) in [7, 11) is 0. The molecule has 4 rings (SSSR count). The van der Waals surface area contributed by atoms with E-state index in [-0.39, 0.29) is 12.5 Å². The molecule has 1 aliphatic carbocycles. The highest BCUT2D eigenvalue weighted by molar-refractivity contribution is 7.18. The van der Waals surface area contributed by atoms with Crippen LogP contribution in [0.15, 0.2) is 23.8 Å². The zero-order valence-corrected chi connectivity index (χ0v) is 15.4. The molecule has 0 aliphatic heterocycles. The molecule has 1 N–H and O–H groups in total. The van der Waals surface area contributed by atoms with Crippen molar-refractivity contribution >= 4 is 38.8 Å². The number of amides is 1. The quantitative estimate of drug-likeness (QED) is 0.693. The van der Waals surface area contributed by atoms with Crippen molar-refractivity contribution in [2.45, 2.75) is 38.6 Å². The lowest BCUT2D eigenvalue weighted by atomic mass is 10.1. The molecule has 1 aliphatic rings. The van der Waals surface area contributed by atoms with Crippen molar-refractivity contribution in [1.82, 2.24) is 15.3 Å². The lowest BCUT2D eigenvalue weighted by molar-refractivity contribution is -0.123. The zero-order chi connectivity index (χ0) is 17.1. The van der Waals surface area contributed by atoms with Crippen LogP contribution in [0.1, 0.15) is 34.6 Å². The van der Waals surface area contributed by atoms with Gasteiger partial charge in [0.05, 0.1) is 11.9 Å². The van der Waals surface area contributed by atoms with Crippen LogP contribution in [0, 0.1) is 0 Å². The molecule has 0 saturated heterocycles. The maximum Gasteiger partial charge on any atom is 0.258 e. The molecule has 0 atom stereocenters. The number of aryl methyl sites for hydroxylation is 2. The number of thiophene rings is 2. The van der Waals surface area contributed by atoms with E-state index in [9.17, 15) is 4.79 Å². The maximum atomic E-state index is 12.1. The smallest absolute Gasteiger partial charge is 0.258 e. The summed E-state index contributed by atoms with van der Waals surface area (Å²) in [6.07, 6.45) is 7.36. The predicted octanol–water partition coefficient (Wildman–Crippen LogP) is 3.72. The minimum absolute atomic E-state index is 0.0257. The summed E-state index contributed by atoms with van der Waals surface area (Å²) in [5.41, 5.74) is 1.33. The number of hydrogen-bond donors (Lipinski definition) is 1. The van der Waals surface area contributed by atoms with E-state index in [0.29, 0.717) is 12.4 Å². The Labute approximate surface area is 154 Å². The van der Waals surface area contributed by atoms with E-state index in [0.717, 1.165) is 27.9 Å². The summed E-state index contributed by atoms with van der Waals surface area (Å²) >= 11 is 3.36. The largest absolute Gasteiger partial charge is 0.467 e. The summed E-state index contributed by atoms with van der Waals surface area (Å²) in [6.45, 7) is 0.509. The first-order valence-electron chi connectivity index (χ1n) is 8.48. The first-order valence-corrected chi connectivity index (χ1v) is 10.2. The second-order valence-electron chi connectivity index (χ2n) is 6.07. The highest BCUT2D eigenvalue weighted by atomic mass is 32.1. The van der Waals surface area contributed by atoms with Gasteiger partial charge < -0.3 is 10.1 Å². The minimum atomic E-state index is -0.138. The molecule has 1 amide bonds. The lowest BCUT2D eigenvalue weighted by Crippen LogP contribution is -2.28. The Hall–Kier alpha value is -1.99. The van der Waals surface area contributed by atoms with E-state index in [1.165, 1.54) is 36.0 Å². The van der Waals surface area contributed by atoms with Gasteiger partial charge >= 0.3 is 0 Å². The van der Waals surface area contributed by atoms with Crippen molar-refractivity contribution in [2.24, 2.45) is 0 Å². The Kier molecular flexibility index (Phi) is 4.94. The van der Waals surface area contributed by atoms with Crippen molar-refractivity contribution in [3.05, 3.63) is 39.2 Å². The van der Waals surface area contributed by atoms with Crippen LogP contribution in [-0.4, -0.2) is 22.5 Å². The highest BCUT2D eigenvalue weighted by Crippen LogP contribution is 2.38. The number of fused-ring (bicyclic) bond motifs is 3. The van der Waals surface area contributed by atoms with Crippen LogP contribution in [0.5, 0.6) is 5.88 Å². The Morgan fingerprint density at radius 2 is 2.16 bits per heavy atom. The second kappa shape index (κ2) is 7.49. The van der Waals surface area contributed by atoms with Crippen LogP contribution in [0.3, 0.4) is 0 Å². The molecule has 7 heteroatoms. The molecule has 0 aromatic carbocycles. The van der Waals surface area contributed by atoms with Crippen LogP contribution < -0.4 is 10.1 Å². The molecule has 3 aromatic rings. The number of ether oxygens (including phenoxy) is 1. The number of rotatable bonds is 5. The molecule has 0 unspecified atom stereocenters. The number of carbonyl (C=O) groups is 1. The minimum Gasteiger partial charge on any atom is -0.467 e. The third kappa shape index (κ3) is 3.67. The van der Waals surface area contributed by atoms with E-state index in [1.807, 2.05) is 17.5 Å². The molecule has 130 valence electrons. The number of carbonyl (C=O) groups excluding carboxylic acids is 1. The van der Waals surface area contributed by atoms with Crippen LogP contribution in [-0.2, 0) is 24.2 Å². The molecule has 25 heavy (non-hydrogen) atoms. The van der Waals surface area contributed by atoms with Gasteiger partial charge in [-0.05, 0) is 42.7 Å². The average molecular weight is 374 g/mol. The molecule has 5 nitrogen and oxygen atoms in total. The predicted molar refractivity (Wildman–Crippen MR) is 100 cm³/mol. The molecule has 0 bridgehead atoms. The van der Waals surface area contributed by atoms with Gasteiger partial charge in [0.15, 0.2) is 6.61 Å². The van der Waals surface area contributed by atoms with E-state index < -0.39 is 0 Å². The van der Waals surface area contributed by atoms with Crippen LogP contribution in [0.25, 0.3) is 10.2 Å². The van der Waals surface area contributed by atoms with Crippen LogP contribution in [0.4, 0.5) is 0 Å². The number of aromatic nitrogens is 2. The van der Waals surface area contributed by atoms with E-state index in [2.05, 4.69) is 15.3 Å². The fourth-order valence-corrected chi connectivity index (χ4v) is 5.00. The average Bonchev–Trinajstić information content (AvgIpc) is 3.21. The Morgan fingerprint density at radius 1 is 1.24 bits per heavy atom. The molecule has 0 spiro atoms. The van der Waals surface area contributed by atoms with Crippen LogP contribution >= 0.6 is 22.7 Å². The normalized spacial score (nSPS) is 14.1. The molecule has 3 heterocycles. The number of nitrogens with one attached hydrogen (secondary N) is 1. The fourth-order valence-electron chi connectivity index (χ4n) is 3.13. The molecular weight excluding hydrogens is 354 g/mol. The van der Waals surface area contributed by atoms with Gasteiger partial charge in [-0.1, -0.05) is 12.5 Å². The van der Waals surface area contributed by atoms with E-state index in [1.54, 1.807) is 22.7 Å². The highest BCUT2D eigenvalue weighted by Gasteiger charge is 2.20. The number of hydrogen-bond acceptors (Lipinski definition) is 6. The maximum absolute atomic E-state index is 12.1. The Morgan fingerprint density at radius 3 is 3.04 bits per heavy atom. The summed E-state index contributed by atoms with van der Waals surface area (Å²) in [6, 6.07) is 3.98. The van der Waals surface area contributed by atoms with Gasteiger partial charge in [-0.15, -0.1) is 22.7 Å². The van der Waals surface area contributed by atoms with Gasteiger partial charge in [0.2, 0.25) is 5.88 Å². The lowest BCUT2D eigenvalue weighted by Gasteiger charge is -2.08. The standard InChI is InChI=1S/C18H19N3O2S2/c22-15(19-9-12-5-4-8-24-12)10-23-17-16-13-6-2-1-3-7-14(13)25-18(16)21-11-20-17/h4-5,8,11H,1-3,6-7,9-10H2,(H,19,22). The van der Waals surface area contributed by atoms with Gasteiger partial charge in [-0.25, -0.2) is 9.97 Å². The first-order chi connectivity index (χ1) is 12.3. The molecular formula is C18H19N3O2S2. The second-order valence-corrected chi connectivity index (χ2v) is 8.18. The molecule has 3 aromatic heterocycles. The fraction of sp³-hybridized carbons (Fsp3) is 0.389. The summed E-state index contributed by atoms with van der Waals surface area (Å²) in [4.78, 5) is 24.3. The number of nitrogens with zero attached hydrogens (tertiary/aromatic N) is 2. The van der Waals surface area contributed by atoms with Gasteiger partial charge in [-0.2, -0.15) is 0 Å². The zero-order valence-electron chi connectivity index (χ0n) is 13.8. The first kappa shape index (κ1) is 16.5. The Bertz CT molecular complexity index is 874. The van der Waals surface area contributed by atoms with Gasteiger partial charge in [-0.3, -0.25) is 4.79 Å². The molecule has 0 radical (unpaired) electrons. The van der Waals surface area contributed by atoms with Crippen molar-refractivity contribution in [2.75, 3.05) is 6.61 Å². The SMILES string of the molecule is O=C(COc1ncnc2sc3c(c12)CCCCC3)NCc1cccs1. The third-order valence-electron chi connectivity index (χ3n) is 4.35. The van der Waals surface area contributed by atoms with Gasteiger partial charge in [0, 0.05) is 9.75 Å². The summed E-state index contributed by atoms with van der Waals surface area (Å²) in [5.74, 6) is 0.400. The van der Waals surface area contributed by atoms with Gasteiger partial charge in [0.1, 0.15) is 11.2 Å². The summed E-state index contributed by atoms with van der Waals surface area (Å²) in [5, 5.41) is 5.88. The molecule has 0 fully saturated rings. The van der Waals surface area contributed by atoms with Crippen molar-refractivity contribution in [3.8, 4) is 5.88 Å².